The van der Waals surface area contributed by atoms with Gasteiger partial charge in [0.25, 0.3) is 0 Å². The molecule has 2 rings (SSSR count). The number of hydrogen-bond donors (Lipinski definition) is 0. The monoisotopic (exact) mass is 187 g/mol. The maximum atomic E-state index is 10.2. The van der Waals surface area contributed by atoms with E-state index in [9.17, 15) is 4.79 Å². The average molecular weight is 187 g/mol. The van der Waals surface area contributed by atoms with Crippen molar-refractivity contribution in [2.75, 3.05) is 0 Å². The van der Waals surface area contributed by atoms with Gasteiger partial charge in [-0.2, -0.15) is 5.10 Å². The van der Waals surface area contributed by atoms with Crippen molar-refractivity contribution in [1.29, 1.82) is 0 Å². The van der Waals surface area contributed by atoms with Gasteiger partial charge in [-0.3, -0.25) is 9.67 Å². The van der Waals surface area contributed by atoms with Crippen molar-refractivity contribution in [3.05, 3.63) is 36.8 Å². The highest BCUT2D eigenvalue weighted by Crippen LogP contribution is 2.14. The van der Waals surface area contributed by atoms with E-state index >= 15 is 0 Å². The second-order valence-electron chi connectivity index (χ2n) is 2.83. The fraction of sp³-hybridized carbons (Fsp3) is 0.100. The Hall–Kier alpha value is -1.97. The van der Waals surface area contributed by atoms with E-state index in [0.29, 0.717) is 6.54 Å². The zero-order valence-electron chi connectivity index (χ0n) is 7.50. The predicted octanol–water partition coefficient (Wildman–Crippen LogP) is 1.14. The van der Waals surface area contributed by atoms with Crippen molar-refractivity contribution in [2.24, 2.45) is 0 Å². The summed E-state index contributed by atoms with van der Waals surface area (Å²) in [6, 6.07) is 5.64. The Labute approximate surface area is 81.2 Å². The molecule has 0 radical (unpaired) electrons. The van der Waals surface area contributed by atoms with E-state index in [1.54, 1.807) is 23.3 Å². The smallest absolute Gasteiger partial charge is 0.141 e. The lowest BCUT2D eigenvalue weighted by molar-refractivity contribution is -0.108. The van der Waals surface area contributed by atoms with E-state index in [4.69, 9.17) is 0 Å². The molecule has 0 amide bonds. The second kappa shape index (κ2) is 3.83. The molecular formula is C10H9N3O. The van der Waals surface area contributed by atoms with Gasteiger partial charge in [0, 0.05) is 24.2 Å². The summed E-state index contributed by atoms with van der Waals surface area (Å²) >= 11 is 0. The molecule has 14 heavy (non-hydrogen) atoms. The molecule has 2 aromatic rings. The van der Waals surface area contributed by atoms with Gasteiger partial charge in [-0.1, -0.05) is 0 Å². The molecule has 0 aliphatic rings. The van der Waals surface area contributed by atoms with E-state index in [1.165, 1.54) is 0 Å². The molecule has 2 aromatic heterocycles. The van der Waals surface area contributed by atoms with Crippen molar-refractivity contribution in [3.8, 4) is 11.3 Å². The van der Waals surface area contributed by atoms with Gasteiger partial charge in [0.1, 0.15) is 6.29 Å². The van der Waals surface area contributed by atoms with Crippen LogP contribution in [0.5, 0.6) is 0 Å². The Balaban J connectivity index is 2.29. The van der Waals surface area contributed by atoms with Crippen LogP contribution in [-0.4, -0.2) is 21.1 Å². The predicted molar refractivity (Wildman–Crippen MR) is 51.5 cm³/mol. The Morgan fingerprint density at radius 2 is 2.07 bits per heavy atom. The maximum Gasteiger partial charge on any atom is 0.141 e. The molecule has 4 heteroatoms. The molecule has 0 bridgehead atoms. The zero-order chi connectivity index (χ0) is 9.80. The molecular weight excluding hydrogens is 178 g/mol. The van der Waals surface area contributed by atoms with Gasteiger partial charge in [-0.25, -0.2) is 0 Å². The van der Waals surface area contributed by atoms with Crippen LogP contribution in [0, 0.1) is 0 Å². The number of nitrogens with zero attached hydrogens (tertiary/aromatic N) is 3. The summed E-state index contributed by atoms with van der Waals surface area (Å²) in [5, 5.41) is 4.23. The molecule has 0 spiro atoms. The molecule has 0 saturated heterocycles. The van der Waals surface area contributed by atoms with Crippen LogP contribution in [0.2, 0.25) is 0 Å². The second-order valence-corrected chi connectivity index (χ2v) is 2.83. The molecule has 0 fully saturated rings. The third kappa shape index (κ3) is 1.69. The van der Waals surface area contributed by atoms with Crippen LogP contribution in [0.1, 0.15) is 0 Å². The highest BCUT2D eigenvalue weighted by Gasteiger charge is 2.00. The number of aldehydes is 1. The number of hydrogen-bond acceptors (Lipinski definition) is 3. The molecule has 70 valence electrons. The summed E-state index contributed by atoms with van der Waals surface area (Å²) in [7, 11) is 0. The van der Waals surface area contributed by atoms with Crippen molar-refractivity contribution in [3.63, 3.8) is 0 Å². The lowest BCUT2D eigenvalue weighted by Crippen LogP contribution is -1.98. The Morgan fingerprint density at radius 1 is 1.29 bits per heavy atom. The van der Waals surface area contributed by atoms with E-state index in [-0.39, 0.29) is 0 Å². The summed E-state index contributed by atoms with van der Waals surface area (Å²) in [5.41, 5.74) is 1.86. The fourth-order valence-corrected chi connectivity index (χ4v) is 1.22. The summed E-state index contributed by atoms with van der Waals surface area (Å²) in [4.78, 5) is 14.2. The lowest BCUT2D eigenvalue weighted by atomic mass is 10.2. The van der Waals surface area contributed by atoms with Gasteiger partial charge in [0.05, 0.1) is 12.2 Å². The minimum Gasteiger partial charge on any atom is -0.301 e. The van der Waals surface area contributed by atoms with Gasteiger partial charge in [-0.05, 0) is 18.2 Å². The molecule has 0 aliphatic carbocycles. The van der Waals surface area contributed by atoms with Gasteiger partial charge >= 0.3 is 0 Å². The molecule has 0 unspecified atom stereocenters. The van der Waals surface area contributed by atoms with Crippen molar-refractivity contribution in [1.82, 2.24) is 14.8 Å². The summed E-state index contributed by atoms with van der Waals surface area (Å²) in [6.45, 7) is 0.297. The summed E-state index contributed by atoms with van der Waals surface area (Å²) in [6.07, 6.45) is 6.04. The van der Waals surface area contributed by atoms with Crippen molar-refractivity contribution < 1.29 is 4.79 Å². The SMILES string of the molecule is O=CCn1ccc(-c2ccncc2)n1. The molecule has 0 aliphatic heterocycles. The molecule has 0 atom stereocenters. The molecule has 0 saturated carbocycles. The molecule has 4 nitrogen and oxygen atoms in total. The van der Waals surface area contributed by atoms with Crippen LogP contribution in [0.3, 0.4) is 0 Å². The third-order valence-electron chi connectivity index (χ3n) is 1.88. The first kappa shape index (κ1) is 8.62. The highest BCUT2D eigenvalue weighted by atomic mass is 16.1. The van der Waals surface area contributed by atoms with Crippen LogP contribution >= 0.6 is 0 Å². The largest absolute Gasteiger partial charge is 0.301 e. The Bertz CT molecular complexity index is 422. The Kier molecular flexibility index (Phi) is 2.36. The van der Waals surface area contributed by atoms with E-state index in [2.05, 4.69) is 10.1 Å². The van der Waals surface area contributed by atoms with E-state index in [0.717, 1.165) is 17.5 Å². The van der Waals surface area contributed by atoms with Gasteiger partial charge in [0.2, 0.25) is 0 Å². The Morgan fingerprint density at radius 3 is 2.79 bits per heavy atom. The number of carbonyl (C=O) groups excluding carboxylic acids is 1. The molecule has 2 heterocycles. The van der Waals surface area contributed by atoms with Gasteiger partial charge in [0.15, 0.2) is 0 Å². The van der Waals surface area contributed by atoms with Crippen LogP contribution in [0.4, 0.5) is 0 Å². The lowest BCUT2D eigenvalue weighted by Gasteiger charge is -1.94. The van der Waals surface area contributed by atoms with Crippen molar-refractivity contribution in [2.45, 2.75) is 6.54 Å². The number of pyridine rings is 1. The van der Waals surface area contributed by atoms with Crippen LogP contribution in [-0.2, 0) is 11.3 Å². The number of carbonyl (C=O) groups is 1. The summed E-state index contributed by atoms with van der Waals surface area (Å²) < 4.78 is 1.60. The van der Waals surface area contributed by atoms with Gasteiger partial charge < -0.3 is 4.79 Å². The third-order valence-corrected chi connectivity index (χ3v) is 1.88. The zero-order valence-corrected chi connectivity index (χ0v) is 7.50. The molecule has 0 aromatic carbocycles. The molecule has 0 N–H and O–H groups in total. The minimum absolute atomic E-state index is 0.297. The fourth-order valence-electron chi connectivity index (χ4n) is 1.22. The van der Waals surface area contributed by atoms with E-state index in [1.807, 2.05) is 18.2 Å². The first-order valence-corrected chi connectivity index (χ1v) is 4.27. The van der Waals surface area contributed by atoms with Gasteiger partial charge in [-0.15, -0.1) is 0 Å². The quantitative estimate of drug-likeness (QED) is 0.677. The van der Waals surface area contributed by atoms with Crippen molar-refractivity contribution >= 4 is 6.29 Å². The number of rotatable bonds is 3. The highest BCUT2D eigenvalue weighted by molar-refractivity contribution is 5.57. The first-order valence-electron chi connectivity index (χ1n) is 4.27. The first-order chi connectivity index (χ1) is 6.90. The number of aromatic nitrogens is 3. The van der Waals surface area contributed by atoms with Crippen LogP contribution < -0.4 is 0 Å². The normalized spacial score (nSPS) is 10.0. The standard InChI is InChI=1S/C10H9N3O/c14-8-7-13-6-3-10(12-13)9-1-4-11-5-2-9/h1-6,8H,7H2. The van der Waals surface area contributed by atoms with Crippen LogP contribution in [0.25, 0.3) is 11.3 Å². The minimum atomic E-state index is 0.297. The summed E-state index contributed by atoms with van der Waals surface area (Å²) in [5.74, 6) is 0. The topological polar surface area (TPSA) is 47.8 Å². The average Bonchev–Trinajstić information content (AvgIpc) is 2.68. The maximum absolute atomic E-state index is 10.2. The van der Waals surface area contributed by atoms with E-state index < -0.39 is 0 Å². The van der Waals surface area contributed by atoms with Crippen LogP contribution in [0.15, 0.2) is 36.8 Å².